The number of hydrogen-bond acceptors (Lipinski definition) is 3. The van der Waals surface area contributed by atoms with Crippen molar-refractivity contribution < 1.29 is 4.79 Å². The van der Waals surface area contributed by atoms with Crippen LogP contribution in [0.25, 0.3) is 11.1 Å². The molecule has 2 heterocycles. The molecule has 1 fully saturated rings. The van der Waals surface area contributed by atoms with Crippen LogP contribution >= 0.6 is 0 Å². The van der Waals surface area contributed by atoms with Gasteiger partial charge in [-0.3, -0.25) is 14.7 Å². The van der Waals surface area contributed by atoms with Gasteiger partial charge in [0.05, 0.1) is 5.56 Å². The number of hydrogen-bond donors (Lipinski definition) is 1. The number of likely N-dealkylation sites (tertiary alicyclic amines) is 1. The van der Waals surface area contributed by atoms with Gasteiger partial charge in [-0.15, -0.1) is 0 Å². The highest BCUT2D eigenvalue weighted by molar-refractivity contribution is 5.93. The second kappa shape index (κ2) is 6.28. The Labute approximate surface area is 131 Å². The maximum Gasteiger partial charge on any atom is 0.250 e. The minimum absolute atomic E-state index is 0.412. The van der Waals surface area contributed by atoms with E-state index in [2.05, 4.69) is 35.0 Å². The molecule has 4 heteroatoms. The molecule has 1 aliphatic rings. The molecule has 1 unspecified atom stereocenters. The van der Waals surface area contributed by atoms with E-state index in [1.54, 1.807) is 12.3 Å². The number of aromatic nitrogens is 1. The fourth-order valence-electron chi connectivity index (χ4n) is 3.05. The number of nitrogens with zero attached hydrogens (tertiary/aromatic N) is 2. The molecular weight excluding hydrogens is 274 g/mol. The number of pyridine rings is 1. The van der Waals surface area contributed by atoms with E-state index in [4.69, 9.17) is 5.73 Å². The zero-order valence-electron chi connectivity index (χ0n) is 12.8. The van der Waals surface area contributed by atoms with Crippen LogP contribution in [0.1, 0.15) is 41.7 Å². The molecule has 2 N–H and O–H groups in total. The molecule has 0 saturated carbocycles. The number of benzene rings is 1. The first-order valence-electron chi connectivity index (χ1n) is 7.74. The van der Waals surface area contributed by atoms with Crippen molar-refractivity contribution in [2.75, 3.05) is 13.1 Å². The summed E-state index contributed by atoms with van der Waals surface area (Å²) in [4.78, 5) is 17.9. The van der Waals surface area contributed by atoms with E-state index < -0.39 is 5.91 Å². The van der Waals surface area contributed by atoms with Crippen molar-refractivity contribution in [1.82, 2.24) is 9.88 Å². The Hall–Kier alpha value is -2.20. The van der Waals surface area contributed by atoms with Gasteiger partial charge in [-0.05, 0) is 56.1 Å². The molecule has 0 aliphatic carbocycles. The van der Waals surface area contributed by atoms with E-state index in [-0.39, 0.29) is 0 Å². The van der Waals surface area contributed by atoms with Crippen LogP contribution in [0.4, 0.5) is 0 Å². The molecule has 4 nitrogen and oxygen atoms in total. The van der Waals surface area contributed by atoms with Gasteiger partial charge < -0.3 is 5.73 Å². The summed E-state index contributed by atoms with van der Waals surface area (Å²) < 4.78 is 0. The highest BCUT2D eigenvalue weighted by Gasteiger charge is 2.19. The largest absolute Gasteiger partial charge is 0.366 e. The second-order valence-electron chi connectivity index (χ2n) is 5.87. The van der Waals surface area contributed by atoms with Crippen molar-refractivity contribution in [3.05, 3.63) is 53.9 Å². The summed E-state index contributed by atoms with van der Waals surface area (Å²) in [6.07, 6.45) is 5.85. The summed E-state index contributed by atoms with van der Waals surface area (Å²) in [7, 11) is 0. The number of carbonyl (C=O) groups is 1. The quantitative estimate of drug-likeness (QED) is 0.943. The van der Waals surface area contributed by atoms with Crippen LogP contribution in [-0.2, 0) is 0 Å². The highest BCUT2D eigenvalue weighted by atomic mass is 16.1. The summed E-state index contributed by atoms with van der Waals surface area (Å²) in [6.45, 7) is 4.59. The van der Waals surface area contributed by atoms with Gasteiger partial charge in [-0.25, -0.2) is 0 Å². The number of primary amides is 1. The van der Waals surface area contributed by atoms with Gasteiger partial charge in [-0.1, -0.05) is 18.2 Å². The van der Waals surface area contributed by atoms with Gasteiger partial charge in [-0.2, -0.15) is 0 Å². The van der Waals surface area contributed by atoms with Crippen LogP contribution in [0.2, 0.25) is 0 Å². The number of amides is 1. The van der Waals surface area contributed by atoms with E-state index >= 15 is 0 Å². The molecule has 1 amide bonds. The predicted octanol–water partition coefficient (Wildman–Crippen LogP) is 3.00. The molecule has 114 valence electrons. The zero-order valence-corrected chi connectivity index (χ0v) is 12.8. The lowest BCUT2D eigenvalue weighted by molar-refractivity contribution is 0.1000. The van der Waals surface area contributed by atoms with Crippen LogP contribution < -0.4 is 5.73 Å². The second-order valence-corrected chi connectivity index (χ2v) is 5.87. The Balaban J connectivity index is 1.90. The van der Waals surface area contributed by atoms with Crippen molar-refractivity contribution in [2.24, 2.45) is 5.73 Å². The van der Waals surface area contributed by atoms with Gasteiger partial charge in [0, 0.05) is 24.0 Å². The molecule has 0 radical (unpaired) electrons. The number of carbonyl (C=O) groups excluding carboxylic acids is 1. The minimum atomic E-state index is -0.448. The fraction of sp³-hybridized carbons (Fsp3) is 0.333. The van der Waals surface area contributed by atoms with E-state index in [0.717, 1.165) is 11.1 Å². The predicted molar refractivity (Wildman–Crippen MR) is 87.4 cm³/mol. The van der Waals surface area contributed by atoms with Gasteiger partial charge in [0.25, 0.3) is 0 Å². The molecule has 3 rings (SSSR count). The molecule has 0 bridgehead atoms. The van der Waals surface area contributed by atoms with Crippen molar-refractivity contribution in [1.29, 1.82) is 0 Å². The van der Waals surface area contributed by atoms with Crippen LogP contribution in [-0.4, -0.2) is 28.9 Å². The third-order valence-corrected chi connectivity index (χ3v) is 4.41. The monoisotopic (exact) mass is 295 g/mol. The van der Waals surface area contributed by atoms with E-state index in [9.17, 15) is 4.79 Å². The van der Waals surface area contributed by atoms with Crippen molar-refractivity contribution >= 4 is 5.91 Å². The zero-order chi connectivity index (χ0) is 15.5. The molecule has 22 heavy (non-hydrogen) atoms. The summed E-state index contributed by atoms with van der Waals surface area (Å²) in [5.74, 6) is -0.448. The van der Waals surface area contributed by atoms with Crippen molar-refractivity contribution in [3.8, 4) is 11.1 Å². The standard InChI is InChI=1S/C18H21N3O/c1-13(21-7-2-3-8-21)14-5-4-6-15(9-14)16-10-17(18(19)22)12-20-11-16/h4-6,9-13H,2-3,7-8H2,1H3,(H2,19,22). The molecule has 1 atom stereocenters. The van der Waals surface area contributed by atoms with E-state index in [1.807, 2.05) is 6.07 Å². The molecule has 1 aromatic heterocycles. The topological polar surface area (TPSA) is 59.2 Å². The van der Waals surface area contributed by atoms with Gasteiger partial charge in [0.2, 0.25) is 5.91 Å². The average Bonchev–Trinajstić information content (AvgIpc) is 3.09. The molecule has 1 aliphatic heterocycles. The Morgan fingerprint density at radius 1 is 1.18 bits per heavy atom. The molecule has 1 saturated heterocycles. The third-order valence-electron chi connectivity index (χ3n) is 4.41. The minimum Gasteiger partial charge on any atom is -0.366 e. The lowest BCUT2D eigenvalue weighted by Gasteiger charge is -2.24. The van der Waals surface area contributed by atoms with Gasteiger partial charge in [0.1, 0.15) is 0 Å². The normalized spacial score (nSPS) is 16.6. The highest BCUT2D eigenvalue weighted by Crippen LogP contribution is 2.28. The van der Waals surface area contributed by atoms with Crippen molar-refractivity contribution in [3.63, 3.8) is 0 Å². The summed E-state index contributed by atoms with van der Waals surface area (Å²) in [5.41, 5.74) is 9.06. The molecule has 0 spiro atoms. The summed E-state index contributed by atoms with van der Waals surface area (Å²) in [5, 5.41) is 0. The van der Waals surface area contributed by atoms with Crippen molar-refractivity contribution in [2.45, 2.75) is 25.8 Å². The first-order chi connectivity index (χ1) is 10.6. The Morgan fingerprint density at radius 2 is 1.95 bits per heavy atom. The molecule has 1 aromatic carbocycles. The lowest BCUT2D eigenvalue weighted by atomic mass is 9.99. The lowest BCUT2D eigenvalue weighted by Crippen LogP contribution is -2.23. The van der Waals surface area contributed by atoms with Crippen LogP contribution in [0.3, 0.4) is 0 Å². The van der Waals surface area contributed by atoms with Crippen LogP contribution in [0, 0.1) is 0 Å². The van der Waals surface area contributed by atoms with Gasteiger partial charge >= 0.3 is 0 Å². The fourth-order valence-corrected chi connectivity index (χ4v) is 3.05. The Kier molecular flexibility index (Phi) is 4.20. The summed E-state index contributed by atoms with van der Waals surface area (Å²) >= 11 is 0. The molecule has 2 aromatic rings. The Bertz CT molecular complexity index is 678. The SMILES string of the molecule is CC(c1cccc(-c2cncc(C(N)=O)c2)c1)N1CCCC1. The van der Waals surface area contributed by atoms with E-state index in [0.29, 0.717) is 11.6 Å². The smallest absolute Gasteiger partial charge is 0.250 e. The van der Waals surface area contributed by atoms with Gasteiger partial charge in [0.15, 0.2) is 0 Å². The first-order valence-corrected chi connectivity index (χ1v) is 7.74. The maximum atomic E-state index is 11.3. The average molecular weight is 295 g/mol. The Morgan fingerprint density at radius 3 is 2.68 bits per heavy atom. The third kappa shape index (κ3) is 3.02. The maximum absolute atomic E-state index is 11.3. The van der Waals surface area contributed by atoms with E-state index in [1.165, 1.54) is 37.7 Å². The van der Waals surface area contributed by atoms with Crippen LogP contribution in [0.15, 0.2) is 42.7 Å². The van der Waals surface area contributed by atoms with Crippen LogP contribution in [0.5, 0.6) is 0 Å². The first kappa shape index (κ1) is 14.7. The number of nitrogens with two attached hydrogens (primary N) is 1. The summed E-state index contributed by atoms with van der Waals surface area (Å²) in [6, 6.07) is 10.7. The number of rotatable bonds is 4. The molecular formula is C18H21N3O.